The lowest BCUT2D eigenvalue weighted by molar-refractivity contribution is 0.869. The molecule has 0 saturated heterocycles. The zero-order valence-corrected chi connectivity index (χ0v) is 12.6. The number of nitrogens with two attached hydrogens (primary N) is 1. The van der Waals surface area contributed by atoms with Crippen molar-refractivity contribution in [3.63, 3.8) is 0 Å². The summed E-state index contributed by atoms with van der Waals surface area (Å²) < 4.78 is 2.06. The van der Waals surface area contributed by atoms with Gasteiger partial charge in [-0.15, -0.1) is 0 Å². The lowest BCUT2D eigenvalue weighted by atomic mass is 9.99. The molecule has 1 nitrogen and oxygen atoms in total. The maximum atomic E-state index is 6.26. The first-order valence-corrected chi connectivity index (χ1v) is 6.93. The van der Waals surface area contributed by atoms with Crippen LogP contribution in [0.5, 0.6) is 0 Å². The average molecular weight is 355 g/mol. The Balaban J connectivity index is 2.36. The van der Waals surface area contributed by atoms with E-state index in [1.165, 1.54) is 5.56 Å². The topological polar surface area (TPSA) is 26.0 Å². The highest BCUT2D eigenvalue weighted by Crippen LogP contribution is 2.26. The molecule has 0 saturated carbocycles. The lowest BCUT2D eigenvalue weighted by Gasteiger charge is -2.13. The fraction of sp³-hybridized carbons (Fsp3) is 0.143. The van der Waals surface area contributed by atoms with Crippen molar-refractivity contribution in [2.45, 2.75) is 13.0 Å². The van der Waals surface area contributed by atoms with Gasteiger partial charge in [0.2, 0.25) is 0 Å². The summed E-state index contributed by atoms with van der Waals surface area (Å²) in [7, 11) is 0. The van der Waals surface area contributed by atoms with Crippen LogP contribution in [0.3, 0.4) is 0 Å². The molecule has 0 radical (unpaired) electrons. The van der Waals surface area contributed by atoms with Crippen molar-refractivity contribution in [1.82, 2.24) is 0 Å². The highest BCUT2D eigenvalue weighted by Gasteiger charge is 2.09. The highest BCUT2D eigenvalue weighted by atomic mass is 79.9. The summed E-state index contributed by atoms with van der Waals surface area (Å²) in [5.74, 6) is 0. The minimum Gasteiger partial charge on any atom is -0.320 e. The van der Waals surface area contributed by atoms with E-state index in [0.29, 0.717) is 0 Å². The largest absolute Gasteiger partial charge is 0.320 e. The summed E-state index contributed by atoms with van der Waals surface area (Å²) in [6, 6.07) is 14.3. The van der Waals surface area contributed by atoms with E-state index in [0.717, 1.165) is 20.1 Å². The Morgan fingerprint density at radius 3 is 1.94 bits per heavy atom. The number of benzene rings is 2. The van der Waals surface area contributed by atoms with E-state index < -0.39 is 0 Å². The maximum absolute atomic E-state index is 6.26. The van der Waals surface area contributed by atoms with Gasteiger partial charge in [0.1, 0.15) is 0 Å². The zero-order valence-electron chi connectivity index (χ0n) is 9.45. The highest BCUT2D eigenvalue weighted by molar-refractivity contribution is 9.11. The van der Waals surface area contributed by atoms with Crippen LogP contribution in [0.15, 0.2) is 51.4 Å². The van der Waals surface area contributed by atoms with Gasteiger partial charge in [0.25, 0.3) is 0 Å². The Labute approximate surface area is 118 Å². The predicted molar refractivity (Wildman–Crippen MR) is 79.1 cm³/mol. The molecular weight excluding hydrogens is 342 g/mol. The monoisotopic (exact) mass is 353 g/mol. The number of aryl methyl sites for hydroxylation is 1. The minimum absolute atomic E-state index is 0.0931. The average Bonchev–Trinajstić information content (AvgIpc) is 2.28. The van der Waals surface area contributed by atoms with Gasteiger partial charge in [0.05, 0.1) is 6.04 Å². The summed E-state index contributed by atoms with van der Waals surface area (Å²) in [6.07, 6.45) is 0. The number of hydrogen-bond donors (Lipinski definition) is 1. The third-order valence-electron chi connectivity index (χ3n) is 2.68. The van der Waals surface area contributed by atoms with Crippen LogP contribution >= 0.6 is 31.9 Å². The van der Waals surface area contributed by atoms with Crippen molar-refractivity contribution in [2.24, 2.45) is 5.73 Å². The van der Waals surface area contributed by atoms with Crippen LogP contribution in [-0.2, 0) is 0 Å². The van der Waals surface area contributed by atoms with Gasteiger partial charge in [0.15, 0.2) is 0 Å². The van der Waals surface area contributed by atoms with E-state index in [1.807, 2.05) is 6.07 Å². The van der Waals surface area contributed by atoms with Gasteiger partial charge in [0, 0.05) is 8.95 Å². The number of halogens is 2. The van der Waals surface area contributed by atoms with E-state index in [9.17, 15) is 0 Å². The van der Waals surface area contributed by atoms with E-state index >= 15 is 0 Å². The summed E-state index contributed by atoms with van der Waals surface area (Å²) in [6.45, 7) is 2.07. The number of rotatable bonds is 2. The molecule has 0 aliphatic rings. The third-order valence-corrected chi connectivity index (χ3v) is 3.60. The Morgan fingerprint density at radius 1 is 0.882 bits per heavy atom. The van der Waals surface area contributed by atoms with Gasteiger partial charge in [-0.3, -0.25) is 0 Å². The first kappa shape index (κ1) is 12.8. The molecule has 1 unspecified atom stereocenters. The van der Waals surface area contributed by atoms with E-state index in [-0.39, 0.29) is 6.04 Å². The van der Waals surface area contributed by atoms with Crippen LogP contribution in [0.25, 0.3) is 0 Å². The van der Waals surface area contributed by atoms with Crippen molar-refractivity contribution in [3.05, 3.63) is 68.1 Å². The summed E-state index contributed by atoms with van der Waals surface area (Å²) in [4.78, 5) is 0. The standard InChI is InChI=1S/C14H13Br2N/c1-9-2-4-10(5-3-9)14(17)11-6-12(15)8-13(16)7-11/h2-8,14H,17H2,1H3. The molecule has 1 atom stereocenters. The summed E-state index contributed by atoms with van der Waals surface area (Å²) in [5.41, 5.74) is 9.73. The van der Waals surface area contributed by atoms with Crippen molar-refractivity contribution in [3.8, 4) is 0 Å². The molecule has 3 heteroatoms. The maximum Gasteiger partial charge on any atom is 0.0552 e. The van der Waals surface area contributed by atoms with Crippen LogP contribution in [0, 0.1) is 6.92 Å². The molecule has 2 N–H and O–H groups in total. The molecule has 88 valence electrons. The fourth-order valence-corrected chi connectivity index (χ4v) is 3.05. The molecule has 2 aromatic rings. The van der Waals surface area contributed by atoms with E-state index in [1.54, 1.807) is 0 Å². The smallest absolute Gasteiger partial charge is 0.0552 e. The first-order chi connectivity index (χ1) is 8.06. The molecule has 0 bridgehead atoms. The van der Waals surface area contributed by atoms with Crippen molar-refractivity contribution < 1.29 is 0 Å². The van der Waals surface area contributed by atoms with Gasteiger partial charge < -0.3 is 5.73 Å². The van der Waals surface area contributed by atoms with Gasteiger partial charge in [-0.25, -0.2) is 0 Å². The van der Waals surface area contributed by atoms with Gasteiger partial charge in [-0.05, 0) is 36.2 Å². The Kier molecular flexibility index (Phi) is 4.02. The molecular formula is C14H13Br2N. The molecule has 0 amide bonds. The Morgan fingerprint density at radius 2 is 1.41 bits per heavy atom. The van der Waals surface area contributed by atoms with Crippen molar-refractivity contribution in [1.29, 1.82) is 0 Å². The summed E-state index contributed by atoms with van der Waals surface area (Å²) >= 11 is 6.96. The van der Waals surface area contributed by atoms with Crippen LogP contribution in [0.1, 0.15) is 22.7 Å². The van der Waals surface area contributed by atoms with E-state index in [2.05, 4.69) is 75.2 Å². The SMILES string of the molecule is Cc1ccc(C(N)c2cc(Br)cc(Br)c2)cc1. The predicted octanol–water partition coefficient (Wildman–Crippen LogP) is 4.57. The molecule has 0 spiro atoms. The Hall–Kier alpha value is -0.640. The van der Waals surface area contributed by atoms with Crippen molar-refractivity contribution in [2.75, 3.05) is 0 Å². The zero-order chi connectivity index (χ0) is 12.4. The minimum atomic E-state index is -0.0931. The first-order valence-electron chi connectivity index (χ1n) is 5.34. The lowest BCUT2D eigenvalue weighted by Crippen LogP contribution is -2.11. The van der Waals surface area contributed by atoms with Crippen molar-refractivity contribution >= 4 is 31.9 Å². The quantitative estimate of drug-likeness (QED) is 0.839. The van der Waals surface area contributed by atoms with Crippen LogP contribution < -0.4 is 5.73 Å². The molecule has 0 fully saturated rings. The van der Waals surface area contributed by atoms with Crippen LogP contribution in [0.2, 0.25) is 0 Å². The number of hydrogen-bond acceptors (Lipinski definition) is 1. The third kappa shape index (κ3) is 3.18. The normalized spacial score (nSPS) is 12.5. The molecule has 0 aromatic heterocycles. The molecule has 0 aliphatic carbocycles. The fourth-order valence-electron chi connectivity index (χ4n) is 1.72. The second-order valence-electron chi connectivity index (χ2n) is 4.09. The second kappa shape index (κ2) is 5.34. The van der Waals surface area contributed by atoms with Gasteiger partial charge in [-0.1, -0.05) is 61.7 Å². The molecule has 2 aromatic carbocycles. The molecule has 0 aliphatic heterocycles. The van der Waals surface area contributed by atoms with E-state index in [4.69, 9.17) is 5.73 Å². The van der Waals surface area contributed by atoms with Gasteiger partial charge in [-0.2, -0.15) is 0 Å². The van der Waals surface area contributed by atoms with Crippen LogP contribution in [0.4, 0.5) is 0 Å². The molecule has 0 heterocycles. The molecule has 2 rings (SSSR count). The second-order valence-corrected chi connectivity index (χ2v) is 5.92. The summed E-state index contributed by atoms with van der Waals surface area (Å²) in [5, 5.41) is 0. The molecule has 17 heavy (non-hydrogen) atoms. The van der Waals surface area contributed by atoms with Crippen LogP contribution in [-0.4, -0.2) is 0 Å². The Bertz CT molecular complexity index is 500. The van der Waals surface area contributed by atoms with Gasteiger partial charge >= 0.3 is 0 Å².